The van der Waals surface area contributed by atoms with Gasteiger partial charge in [-0.05, 0) is 67.9 Å². The number of aromatic nitrogens is 2. The van der Waals surface area contributed by atoms with Gasteiger partial charge in [-0.3, -0.25) is 19.1 Å². The molecule has 0 bridgehead atoms. The number of hydrogen-bond donors (Lipinski definition) is 2. The molecular formula is C27H30N6O3. The van der Waals surface area contributed by atoms with Crippen molar-refractivity contribution in [3.8, 4) is 11.1 Å². The third-order valence-electron chi connectivity index (χ3n) is 7.26. The molecule has 0 unspecified atom stereocenters. The molecule has 36 heavy (non-hydrogen) atoms. The zero-order valence-electron chi connectivity index (χ0n) is 20.6. The standard InChI is InChI=1S/C27H30N6O3/c1-16(25(28)34)14-33-15-23-21(18-4-5-19-13-29-32(3)24(19)10-18)11-20(12-22(23)27(33)36)30-26(35)17-6-8-31(2)9-7-17/h4-5,10-13,17H,1,6-9,14-15H2,2-3H3,(H2,28,34)(H,30,35). The van der Waals surface area contributed by atoms with Crippen LogP contribution in [0.15, 0.2) is 48.7 Å². The minimum absolute atomic E-state index is 0.0273. The lowest BCUT2D eigenvalue weighted by Gasteiger charge is -2.28. The lowest BCUT2D eigenvalue weighted by Crippen LogP contribution is -2.35. The first kappa shape index (κ1) is 23.7. The van der Waals surface area contributed by atoms with Crippen LogP contribution in [0.5, 0.6) is 0 Å². The van der Waals surface area contributed by atoms with Gasteiger partial charge in [-0.15, -0.1) is 0 Å². The van der Waals surface area contributed by atoms with Crippen LogP contribution in [0, 0.1) is 5.92 Å². The van der Waals surface area contributed by atoms with Crippen LogP contribution in [0.25, 0.3) is 22.0 Å². The molecule has 186 valence electrons. The molecule has 1 aromatic heterocycles. The fraction of sp³-hybridized carbons (Fsp3) is 0.333. The lowest BCUT2D eigenvalue weighted by molar-refractivity contribution is -0.121. The molecular weight excluding hydrogens is 456 g/mol. The number of nitrogens with two attached hydrogens (primary N) is 1. The summed E-state index contributed by atoms with van der Waals surface area (Å²) in [6.45, 7) is 5.86. The smallest absolute Gasteiger partial charge is 0.254 e. The molecule has 2 aromatic carbocycles. The highest BCUT2D eigenvalue weighted by Crippen LogP contribution is 2.37. The van der Waals surface area contributed by atoms with Gasteiger partial charge in [-0.25, -0.2) is 0 Å². The van der Waals surface area contributed by atoms with Gasteiger partial charge in [0.15, 0.2) is 0 Å². The van der Waals surface area contributed by atoms with E-state index in [1.54, 1.807) is 15.6 Å². The Morgan fingerprint density at radius 2 is 1.86 bits per heavy atom. The van der Waals surface area contributed by atoms with Crippen molar-refractivity contribution >= 4 is 34.3 Å². The van der Waals surface area contributed by atoms with Crippen LogP contribution >= 0.6 is 0 Å². The molecule has 2 aliphatic heterocycles. The number of hydrogen-bond acceptors (Lipinski definition) is 5. The fourth-order valence-corrected chi connectivity index (χ4v) is 5.06. The van der Waals surface area contributed by atoms with E-state index >= 15 is 0 Å². The van der Waals surface area contributed by atoms with Gasteiger partial charge in [0.2, 0.25) is 11.8 Å². The molecule has 2 aliphatic rings. The molecule has 3 aromatic rings. The molecule has 3 heterocycles. The van der Waals surface area contributed by atoms with Crippen LogP contribution in [0.3, 0.4) is 0 Å². The molecule has 3 N–H and O–H groups in total. The van der Waals surface area contributed by atoms with E-state index in [2.05, 4.69) is 28.9 Å². The average Bonchev–Trinajstić information content (AvgIpc) is 3.38. The van der Waals surface area contributed by atoms with Crippen LogP contribution in [-0.4, -0.2) is 64.0 Å². The van der Waals surface area contributed by atoms with Crippen molar-refractivity contribution in [3.63, 3.8) is 0 Å². The second-order valence-electron chi connectivity index (χ2n) is 9.79. The average molecular weight is 487 g/mol. The largest absolute Gasteiger partial charge is 0.366 e. The zero-order valence-corrected chi connectivity index (χ0v) is 20.6. The van der Waals surface area contributed by atoms with E-state index in [1.165, 1.54) is 0 Å². The van der Waals surface area contributed by atoms with Crippen LogP contribution in [-0.2, 0) is 23.2 Å². The number of nitrogens with one attached hydrogen (secondary N) is 1. The normalized spacial score (nSPS) is 16.4. The molecule has 9 heteroatoms. The highest BCUT2D eigenvalue weighted by atomic mass is 16.2. The van der Waals surface area contributed by atoms with E-state index < -0.39 is 5.91 Å². The number of rotatable bonds is 6. The number of fused-ring (bicyclic) bond motifs is 2. The van der Waals surface area contributed by atoms with Gasteiger partial charge >= 0.3 is 0 Å². The zero-order chi connectivity index (χ0) is 25.6. The third kappa shape index (κ3) is 4.37. The second-order valence-corrected chi connectivity index (χ2v) is 9.79. The summed E-state index contributed by atoms with van der Waals surface area (Å²) >= 11 is 0. The Balaban J connectivity index is 1.53. The van der Waals surface area contributed by atoms with Gasteiger partial charge in [0, 0.05) is 41.7 Å². The Morgan fingerprint density at radius 1 is 1.14 bits per heavy atom. The summed E-state index contributed by atoms with van der Waals surface area (Å²) in [5.41, 5.74) is 10.2. The maximum absolute atomic E-state index is 13.3. The molecule has 0 spiro atoms. The van der Waals surface area contributed by atoms with Crippen molar-refractivity contribution in [1.82, 2.24) is 19.6 Å². The number of anilines is 1. The summed E-state index contributed by atoms with van der Waals surface area (Å²) < 4.78 is 1.80. The molecule has 1 saturated heterocycles. The summed E-state index contributed by atoms with van der Waals surface area (Å²) in [7, 11) is 3.94. The SMILES string of the molecule is C=C(CN1Cc2c(cc(NC(=O)C3CCN(C)CC3)cc2-c2ccc3cnn(C)c3c2)C1=O)C(N)=O. The predicted octanol–water partition coefficient (Wildman–Crippen LogP) is 2.52. The number of nitrogens with zero attached hydrogens (tertiary/aromatic N) is 4. The summed E-state index contributed by atoms with van der Waals surface area (Å²) in [6.07, 6.45) is 3.42. The Morgan fingerprint density at radius 3 is 2.58 bits per heavy atom. The first-order chi connectivity index (χ1) is 17.2. The van der Waals surface area contributed by atoms with Crippen molar-refractivity contribution in [3.05, 3.63) is 59.8 Å². The molecule has 1 fully saturated rings. The van der Waals surface area contributed by atoms with Crippen molar-refractivity contribution in [1.29, 1.82) is 0 Å². The van der Waals surface area contributed by atoms with Crippen molar-refractivity contribution in [2.24, 2.45) is 18.7 Å². The summed E-state index contributed by atoms with van der Waals surface area (Å²) in [6, 6.07) is 9.71. The number of likely N-dealkylation sites (tertiary alicyclic amines) is 1. The number of primary amides is 1. The van der Waals surface area contributed by atoms with Crippen LogP contribution < -0.4 is 11.1 Å². The maximum atomic E-state index is 13.3. The van der Waals surface area contributed by atoms with Gasteiger partial charge in [0.25, 0.3) is 5.91 Å². The topological polar surface area (TPSA) is 114 Å². The highest BCUT2D eigenvalue weighted by Gasteiger charge is 2.32. The van der Waals surface area contributed by atoms with E-state index in [0.29, 0.717) is 17.8 Å². The summed E-state index contributed by atoms with van der Waals surface area (Å²) in [5.74, 6) is -0.937. The van der Waals surface area contributed by atoms with Crippen molar-refractivity contribution < 1.29 is 14.4 Å². The Hall–Kier alpha value is -3.98. The maximum Gasteiger partial charge on any atom is 0.254 e. The Kier molecular flexibility index (Phi) is 6.09. The van der Waals surface area contributed by atoms with Gasteiger partial charge in [0.05, 0.1) is 18.3 Å². The molecule has 5 rings (SSSR count). The number of carbonyl (C=O) groups is 3. The van der Waals surface area contributed by atoms with Crippen LogP contribution in [0.1, 0.15) is 28.8 Å². The predicted molar refractivity (Wildman–Crippen MR) is 138 cm³/mol. The molecule has 0 atom stereocenters. The number of carbonyl (C=O) groups excluding carboxylic acids is 3. The van der Waals surface area contributed by atoms with Gasteiger partial charge < -0.3 is 20.9 Å². The van der Waals surface area contributed by atoms with Gasteiger partial charge in [0.1, 0.15) is 0 Å². The van der Waals surface area contributed by atoms with E-state index in [1.807, 2.05) is 37.5 Å². The number of amides is 3. The number of benzene rings is 2. The highest BCUT2D eigenvalue weighted by molar-refractivity contribution is 6.04. The quantitative estimate of drug-likeness (QED) is 0.520. The van der Waals surface area contributed by atoms with E-state index in [9.17, 15) is 14.4 Å². The number of piperidine rings is 1. The minimum atomic E-state index is -0.633. The molecule has 9 nitrogen and oxygen atoms in total. The molecule has 0 radical (unpaired) electrons. The second kappa shape index (κ2) is 9.23. The van der Waals surface area contributed by atoms with Crippen LogP contribution in [0.4, 0.5) is 5.69 Å². The summed E-state index contributed by atoms with van der Waals surface area (Å²) in [4.78, 5) is 41.8. The first-order valence-electron chi connectivity index (χ1n) is 12.1. The summed E-state index contributed by atoms with van der Waals surface area (Å²) in [5, 5.41) is 8.41. The third-order valence-corrected chi connectivity index (χ3v) is 7.26. The number of aryl methyl sites for hydroxylation is 1. The van der Waals surface area contributed by atoms with Crippen LogP contribution in [0.2, 0.25) is 0 Å². The van der Waals surface area contributed by atoms with Gasteiger partial charge in [-0.2, -0.15) is 5.10 Å². The lowest BCUT2D eigenvalue weighted by atomic mass is 9.94. The Labute approximate surface area is 209 Å². The molecule has 0 aliphatic carbocycles. The van der Waals surface area contributed by atoms with Gasteiger partial charge in [-0.1, -0.05) is 18.7 Å². The van der Waals surface area contributed by atoms with Crippen molar-refractivity contribution in [2.75, 3.05) is 32.0 Å². The van der Waals surface area contributed by atoms with Crippen molar-refractivity contribution in [2.45, 2.75) is 19.4 Å². The first-order valence-corrected chi connectivity index (χ1v) is 12.1. The van der Waals surface area contributed by atoms with E-state index in [-0.39, 0.29) is 29.9 Å². The Bertz CT molecular complexity index is 1400. The molecule has 0 saturated carbocycles. The monoisotopic (exact) mass is 486 g/mol. The minimum Gasteiger partial charge on any atom is -0.366 e. The van der Waals surface area contributed by atoms with E-state index in [0.717, 1.165) is 53.5 Å². The van der Waals surface area contributed by atoms with E-state index in [4.69, 9.17) is 5.73 Å². The fourth-order valence-electron chi connectivity index (χ4n) is 5.06. The molecule has 3 amide bonds.